The highest BCUT2D eigenvalue weighted by Crippen LogP contribution is 2.16. The number of carbonyl (C=O) groups is 1. The van der Waals surface area contributed by atoms with Crippen LogP contribution in [-0.2, 0) is 19.6 Å². The lowest BCUT2D eigenvalue weighted by Gasteiger charge is -2.14. The van der Waals surface area contributed by atoms with E-state index in [2.05, 4.69) is 70.8 Å². The van der Waals surface area contributed by atoms with Gasteiger partial charge in [0, 0.05) is 18.8 Å². The fourth-order valence-corrected chi connectivity index (χ4v) is 4.28. The molecule has 0 atom stereocenters. The summed E-state index contributed by atoms with van der Waals surface area (Å²) >= 11 is 0. The SMILES string of the molecule is Cc1ccc(Cn2nc(C)c(C(=O)NCc3ccc(CN4CCCC4)cc3)c2C)cc1. The van der Waals surface area contributed by atoms with E-state index in [1.54, 1.807) is 0 Å². The topological polar surface area (TPSA) is 50.2 Å². The number of amides is 1. The van der Waals surface area contributed by atoms with E-state index in [0.717, 1.165) is 23.5 Å². The Balaban J connectivity index is 1.37. The monoisotopic (exact) mass is 416 g/mol. The van der Waals surface area contributed by atoms with Crippen LogP contribution in [0.25, 0.3) is 0 Å². The average molecular weight is 417 g/mol. The maximum absolute atomic E-state index is 12.9. The van der Waals surface area contributed by atoms with Crippen molar-refractivity contribution in [1.29, 1.82) is 0 Å². The molecule has 1 aromatic heterocycles. The maximum Gasteiger partial charge on any atom is 0.255 e. The van der Waals surface area contributed by atoms with E-state index in [9.17, 15) is 4.79 Å². The lowest BCUT2D eigenvalue weighted by Crippen LogP contribution is -2.24. The lowest BCUT2D eigenvalue weighted by molar-refractivity contribution is 0.0949. The van der Waals surface area contributed by atoms with Crippen molar-refractivity contribution < 1.29 is 4.79 Å². The Hall–Kier alpha value is -2.92. The Morgan fingerprint density at radius 3 is 2.13 bits per heavy atom. The second kappa shape index (κ2) is 9.48. The van der Waals surface area contributed by atoms with E-state index in [1.165, 1.54) is 42.6 Å². The van der Waals surface area contributed by atoms with Crippen molar-refractivity contribution in [3.63, 3.8) is 0 Å². The molecule has 1 fully saturated rings. The van der Waals surface area contributed by atoms with Gasteiger partial charge in [-0.3, -0.25) is 14.4 Å². The van der Waals surface area contributed by atoms with Crippen molar-refractivity contribution in [3.8, 4) is 0 Å². The molecule has 31 heavy (non-hydrogen) atoms. The number of aryl methyl sites for hydroxylation is 2. The number of nitrogens with one attached hydrogen (secondary N) is 1. The first-order chi connectivity index (χ1) is 15.0. The summed E-state index contributed by atoms with van der Waals surface area (Å²) in [6.45, 7) is 10.6. The van der Waals surface area contributed by atoms with E-state index in [4.69, 9.17) is 0 Å². The zero-order chi connectivity index (χ0) is 21.8. The van der Waals surface area contributed by atoms with Crippen LogP contribution in [0.3, 0.4) is 0 Å². The number of carbonyl (C=O) groups excluding carboxylic acids is 1. The molecule has 1 N–H and O–H groups in total. The molecule has 2 heterocycles. The Morgan fingerprint density at radius 1 is 0.871 bits per heavy atom. The van der Waals surface area contributed by atoms with E-state index < -0.39 is 0 Å². The number of rotatable bonds is 7. The van der Waals surface area contributed by atoms with Crippen LogP contribution in [0.4, 0.5) is 0 Å². The van der Waals surface area contributed by atoms with Gasteiger partial charge in [-0.15, -0.1) is 0 Å². The van der Waals surface area contributed by atoms with Gasteiger partial charge in [-0.2, -0.15) is 5.10 Å². The second-order valence-corrected chi connectivity index (χ2v) is 8.67. The van der Waals surface area contributed by atoms with Gasteiger partial charge in [-0.25, -0.2) is 0 Å². The molecular formula is C26H32N4O. The Morgan fingerprint density at radius 2 is 1.45 bits per heavy atom. The summed E-state index contributed by atoms with van der Waals surface area (Å²) in [4.78, 5) is 15.4. The minimum absolute atomic E-state index is 0.0636. The Kier molecular flexibility index (Phi) is 6.52. The summed E-state index contributed by atoms with van der Waals surface area (Å²) in [6.07, 6.45) is 2.62. The average Bonchev–Trinajstić information content (AvgIpc) is 3.36. The van der Waals surface area contributed by atoms with Gasteiger partial charge in [-0.05, 0) is 63.4 Å². The van der Waals surface area contributed by atoms with Gasteiger partial charge in [-0.1, -0.05) is 54.1 Å². The van der Waals surface area contributed by atoms with Gasteiger partial charge in [0.15, 0.2) is 0 Å². The molecule has 1 aliphatic rings. The van der Waals surface area contributed by atoms with Crippen LogP contribution in [0.1, 0.15) is 56.8 Å². The van der Waals surface area contributed by atoms with Crippen molar-refractivity contribution in [1.82, 2.24) is 20.0 Å². The third-order valence-corrected chi connectivity index (χ3v) is 6.14. The minimum Gasteiger partial charge on any atom is -0.348 e. The van der Waals surface area contributed by atoms with Crippen LogP contribution >= 0.6 is 0 Å². The molecule has 1 saturated heterocycles. The largest absolute Gasteiger partial charge is 0.348 e. The van der Waals surface area contributed by atoms with Crippen molar-refractivity contribution in [2.45, 2.75) is 53.2 Å². The number of hydrogen-bond donors (Lipinski definition) is 1. The fraction of sp³-hybridized carbons (Fsp3) is 0.385. The molecule has 1 amide bonds. The summed E-state index contributed by atoms with van der Waals surface area (Å²) in [5.41, 5.74) is 7.21. The molecule has 0 spiro atoms. The van der Waals surface area contributed by atoms with Gasteiger partial charge in [0.25, 0.3) is 5.91 Å². The van der Waals surface area contributed by atoms with Crippen molar-refractivity contribution in [2.75, 3.05) is 13.1 Å². The molecule has 0 saturated carbocycles. The zero-order valence-electron chi connectivity index (χ0n) is 18.8. The maximum atomic E-state index is 12.9. The first-order valence-corrected chi connectivity index (χ1v) is 11.2. The molecular weight excluding hydrogens is 384 g/mol. The summed E-state index contributed by atoms with van der Waals surface area (Å²) < 4.78 is 1.92. The molecule has 3 aromatic rings. The third kappa shape index (κ3) is 5.23. The highest BCUT2D eigenvalue weighted by Gasteiger charge is 2.18. The third-order valence-electron chi connectivity index (χ3n) is 6.14. The molecule has 5 heteroatoms. The van der Waals surface area contributed by atoms with Crippen LogP contribution < -0.4 is 5.32 Å². The summed E-state index contributed by atoms with van der Waals surface area (Å²) in [7, 11) is 0. The molecule has 5 nitrogen and oxygen atoms in total. The van der Waals surface area contributed by atoms with E-state index in [0.29, 0.717) is 18.7 Å². The van der Waals surface area contributed by atoms with Crippen molar-refractivity contribution in [2.24, 2.45) is 0 Å². The summed E-state index contributed by atoms with van der Waals surface area (Å²) in [6, 6.07) is 17.0. The molecule has 0 unspecified atom stereocenters. The minimum atomic E-state index is -0.0636. The summed E-state index contributed by atoms with van der Waals surface area (Å²) in [5, 5.41) is 7.69. The smallest absolute Gasteiger partial charge is 0.255 e. The molecule has 1 aliphatic heterocycles. The van der Waals surface area contributed by atoms with E-state index in [-0.39, 0.29) is 5.91 Å². The highest BCUT2D eigenvalue weighted by atomic mass is 16.1. The van der Waals surface area contributed by atoms with Gasteiger partial charge in [0.05, 0.1) is 17.8 Å². The predicted octanol–water partition coefficient (Wildman–Crippen LogP) is 4.38. The number of aromatic nitrogens is 2. The number of benzene rings is 2. The standard InChI is InChI=1S/C26H32N4O/c1-19-6-8-24(9-7-19)18-30-21(3)25(20(2)28-30)26(31)27-16-22-10-12-23(13-11-22)17-29-14-4-5-15-29/h6-13H,4-5,14-18H2,1-3H3,(H,27,31). The zero-order valence-corrected chi connectivity index (χ0v) is 18.8. The van der Waals surface area contributed by atoms with Gasteiger partial charge in [0.2, 0.25) is 0 Å². The highest BCUT2D eigenvalue weighted by molar-refractivity contribution is 5.96. The summed E-state index contributed by atoms with van der Waals surface area (Å²) in [5.74, 6) is -0.0636. The van der Waals surface area contributed by atoms with Crippen LogP contribution in [-0.4, -0.2) is 33.7 Å². The molecule has 0 radical (unpaired) electrons. The first-order valence-electron chi connectivity index (χ1n) is 11.2. The number of nitrogens with zero attached hydrogens (tertiary/aromatic N) is 3. The van der Waals surface area contributed by atoms with Gasteiger partial charge in [0.1, 0.15) is 0 Å². The molecule has 4 rings (SSSR count). The molecule has 0 bridgehead atoms. The van der Waals surface area contributed by atoms with Gasteiger partial charge < -0.3 is 5.32 Å². The molecule has 2 aromatic carbocycles. The van der Waals surface area contributed by atoms with Crippen LogP contribution in [0, 0.1) is 20.8 Å². The fourth-order valence-electron chi connectivity index (χ4n) is 4.28. The van der Waals surface area contributed by atoms with Crippen molar-refractivity contribution in [3.05, 3.63) is 87.7 Å². The van der Waals surface area contributed by atoms with Crippen LogP contribution in [0.2, 0.25) is 0 Å². The lowest BCUT2D eigenvalue weighted by atomic mass is 10.1. The molecule has 0 aliphatic carbocycles. The predicted molar refractivity (Wildman–Crippen MR) is 124 cm³/mol. The first kappa shape index (κ1) is 21.3. The normalized spacial score (nSPS) is 14.2. The van der Waals surface area contributed by atoms with E-state index >= 15 is 0 Å². The van der Waals surface area contributed by atoms with E-state index in [1.807, 2.05) is 18.5 Å². The number of likely N-dealkylation sites (tertiary alicyclic amines) is 1. The number of hydrogen-bond acceptors (Lipinski definition) is 3. The van der Waals surface area contributed by atoms with Crippen LogP contribution in [0.5, 0.6) is 0 Å². The Bertz CT molecular complexity index is 1030. The van der Waals surface area contributed by atoms with Crippen LogP contribution in [0.15, 0.2) is 48.5 Å². The second-order valence-electron chi connectivity index (χ2n) is 8.67. The van der Waals surface area contributed by atoms with Gasteiger partial charge >= 0.3 is 0 Å². The Labute approximate surface area is 185 Å². The molecule has 162 valence electrons. The quantitative estimate of drug-likeness (QED) is 0.622. The van der Waals surface area contributed by atoms with Crippen molar-refractivity contribution >= 4 is 5.91 Å².